The Kier molecular flexibility index (Phi) is 5.17. The molecule has 0 spiro atoms. The Labute approximate surface area is 152 Å². The number of hydrogen-bond donors (Lipinski definition) is 2. The van der Waals surface area contributed by atoms with E-state index >= 15 is 0 Å². The summed E-state index contributed by atoms with van der Waals surface area (Å²) in [6.45, 7) is 2.33. The highest BCUT2D eigenvalue weighted by atomic mass is 16.2. The summed E-state index contributed by atoms with van der Waals surface area (Å²) >= 11 is 0. The highest BCUT2D eigenvalue weighted by Gasteiger charge is 2.09. The number of aromatic nitrogens is 3. The van der Waals surface area contributed by atoms with Gasteiger partial charge in [0, 0.05) is 50.4 Å². The molecule has 7 nitrogen and oxygen atoms in total. The molecule has 0 aliphatic heterocycles. The standard InChI is InChI=1S/C19H22N6O/c1-14-15(13-25(23-14)17-7-5-4-6-8-17)12-21-19(26)22-16-9-10-20-18(11-16)24(2)3/h4-11,13H,12H2,1-3H3,(H2,20,21,22,26). The van der Waals surface area contributed by atoms with Crippen molar-refractivity contribution in [2.24, 2.45) is 0 Å². The van der Waals surface area contributed by atoms with Gasteiger partial charge in [-0.05, 0) is 25.1 Å². The van der Waals surface area contributed by atoms with E-state index < -0.39 is 0 Å². The molecule has 134 valence electrons. The summed E-state index contributed by atoms with van der Waals surface area (Å²) in [5, 5.41) is 10.2. The molecule has 0 bridgehead atoms. The van der Waals surface area contributed by atoms with Gasteiger partial charge in [0.1, 0.15) is 5.82 Å². The van der Waals surface area contributed by atoms with Gasteiger partial charge in [-0.1, -0.05) is 18.2 Å². The van der Waals surface area contributed by atoms with Crippen molar-refractivity contribution in [3.8, 4) is 5.69 Å². The third-order valence-corrected chi connectivity index (χ3v) is 3.92. The number of nitrogens with one attached hydrogen (secondary N) is 2. The summed E-state index contributed by atoms with van der Waals surface area (Å²) in [6, 6.07) is 13.2. The summed E-state index contributed by atoms with van der Waals surface area (Å²) in [5.74, 6) is 0.780. The van der Waals surface area contributed by atoms with Gasteiger partial charge in [-0.3, -0.25) is 0 Å². The number of rotatable bonds is 5. The maximum atomic E-state index is 12.2. The van der Waals surface area contributed by atoms with Crippen LogP contribution < -0.4 is 15.5 Å². The zero-order valence-corrected chi connectivity index (χ0v) is 15.1. The number of carbonyl (C=O) groups excluding carboxylic acids is 1. The van der Waals surface area contributed by atoms with E-state index in [-0.39, 0.29) is 6.03 Å². The minimum absolute atomic E-state index is 0.271. The average Bonchev–Trinajstić information content (AvgIpc) is 3.02. The number of anilines is 2. The molecule has 2 aromatic heterocycles. The van der Waals surface area contributed by atoms with Gasteiger partial charge in [0.15, 0.2) is 0 Å². The normalized spacial score (nSPS) is 10.4. The first-order valence-electron chi connectivity index (χ1n) is 8.32. The van der Waals surface area contributed by atoms with Crippen LogP contribution in [0.4, 0.5) is 16.3 Å². The molecule has 2 amide bonds. The van der Waals surface area contributed by atoms with E-state index in [0.717, 1.165) is 22.8 Å². The van der Waals surface area contributed by atoms with Crippen LogP contribution in [0.15, 0.2) is 54.9 Å². The minimum Gasteiger partial charge on any atom is -0.363 e. The van der Waals surface area contributed by atoms with Crippen LogP contribution in [0.1, 0.15) is 11.3 Å². The lowest BCUT2D eigenvalue weighted by Crippen LogP contribution is -2.28. The monoisotopic (exact) mass is 350 g/mol. The van der Waals surface area contributed by atoms with Crippen molar-refractivity contribution < 1.29 is 4.79 Å². The summed E-state index contributed by atoms with van der Waals surface area (Å²) in [6.07, 6.45) is 3.60. The molecule has 0 saturated carbocycles. The molecule has 0 unspecified atom stereocenters. The van der Waals surface area contributed by atoms with Crippen LogP contribution in [-0.2, 0) is 6.54 Å². The largest absolute Gasteiger partial charge is 0.363 e. The van der Waals surface area contributed by atoms with E-state index in [1.165, 1.54) is 0 Å². The summed E-state index contributed by atoms with van der Waals surface area (Å²) in [7, 11) is 3.80. The maximum absolute atomic E-state index is 12.2. The van der Waals surface area contributed by atoms with Gasteiger partial charge in [-0.15, -0.1) is 0 Å². The number of aryl methyl sites for hydroxylation is 1. The average molecular weight is 350 g/mol. The maximum Gasteiger partial charge on any atom is 0.319 e. The van der Waals surface area contributed by atoms with Crippen molar-refractivity contribution in [2.45, 2.75) is 13.5 Å². The highest BCUT2D eigenvalue weighted by Crippen LogP contribution is 2.14. The number of benzene rings is 1. The lowest BCUT2D eigenvalue weighted by Gasteiger charge is -2.13. The molecule has 0 fully saturated rings. The van der Waals surface area contributed by atoms with Crippen LogP contribution in [0.3, 0.4) is 0 Å². The number of nitrogens with zero attached hydrogens (tertiary/aromatic N) is 4. The van der Waals surface area contributed by atoms with Crippen LogP contribution in [0.25, 0.3) is 5.69 Å². The number of urea groups is 1. The fourth-order valence-corrected chi connectivity index (χ4v) is 2.47. The molecule has 0 atom stereocenters. The first-order chi connectivity index (χ1) is 12.5. The molecule has 2 heterocycles. The first kappa shape index (κ1) is 17.5. The van der Waals surface area contributed by atoms with Crippen molar-refractivity contribution in [2.75, 3.05) is 24.3 Å². The van der Waals surface area contributed by atoms with Crippen molar-refractivity contribution in [3.63, 3.8) is 0 Å². The van der Waals surface area contributed by atoms with Gasteiger partial charge in [0.25, 0.3) is 0 Å². The second-order valence-electron chi connectivity index (χ2n) is 6.12. The number of amides is 2. The van der Waals surface area contributed by atoms with E-state index in [2.05, 4.69) is 20.7 Å². The van der Waals surface area contributed by atoms with Gasteiger partial charge in [-0.2, -0.15) is 5.10 Å². The highest BCUT2D eigenvalue weighted by molar-refractivity contribution is 5.89. The van der Waals surface area contributed by atoms with Gasteiger partial charge < -0.3 is 15.5 Å². The van der Waals surface area contributed by atoms with E-state index in [4.69, 9.17) is 0 Å². The third kappa shape index (κ3) is 4.18. The van der Waals surface area contributed by atoms with Crippen molar-refractivity contribution in [1.29, 1.82) is 0 Å². The van der Waals surface area contributed by atoms with E-state index in [1.807, 2.05) is 73.2 Å². The third-order valence-electron chi connectivity index (χ3n) is 3.92. The summed E-state index contributed by atoms with van der Waals surface area (Å²) in [5.41, 5.74) is 3.53. The molecule has 0 aliphatic carbocycles. The lowest BCUT2D eigenvalue weighted by atomic mass is 10.2. The van der Waals surface area contributed by atoms with Gasteiger partial charge in [-0.25, -0.2) is 14.5 Å². The van der Waals surface area contributed by atoms with Gasteiger partial charge >= 0.3 is 6.03 Å². The number of pyridine rings is 1. The molecule has 0 radical (unpaired) electrons. The first-order valence-corrected chi connectivity index (χ1v) is 8.32. The van der Waals surface area contributed by atoms with Crippen LogP contribution in [0.2, 0.25) is 0 Å². The Hall–Kier alpha value is -3.35. The second kappa shape index (κ2) is 7.69. The van der Waals surface area contributed by atoms with Crippen LogP contribution >= 0.6 is 0 Å². The molecule has 3 rings (SSSR count). The molecule has 0 saturated heterocycles. The Morgan fingerprint density at radius 2 is 1.96 bits per heavy atom. The van der Waals surface area contributed by atoms with E-state index in [0.29, 0.717) is 12.2 Å². The smallest absolute Gasteiger partial charge is 0.319 e. The Morgan fingerprint density at radius 3 is 2.69 bits per heavy atom. The molecule has 26 heavy (non-hydrogen) atoms. The minimum atomic E-state index is -0.271. The molecular formula is C19H22N6O. The number of para-hydroxylation sites is 1. The van der Waals surface area contributed by atoms with Crippen LogP contribution in [0.5, 0.6) is 0 Å². The predicted octanol–water partition coefficient (Wildman–Crippen LogP) is 2.96. The number of carbonyl (C=O) groups is 1. The lowest BCUT2D eigenvalue weighted by molar-refractivity contribution is 0.251. The van der Waals surface area contributed by atoms with Crippen LogP contribution in [0, 0.1) is 6.92 Å². The van der Waals surface area contributed by atoms with E-state index in [9.17, 15) is 4.79 Å². The zero-order chi connectivity index (χ0) is 18.5. The van der Waals surface area contributed by atoms with Crippen molar-refractivity contribution in [3.05, 3.63) is 66.1 Å². The Bertz CT molecular complexity index is 888. The Balaban J connectivity index is 1.61. The molecule has 3 aromatic rings. The van der Waals surface area contributed by atoms with Gasteiger partial charge in [0.05, 0.1) is 11.4 Å². The fraction of sp³-hybridized carbons (Fsp3) is 0.211. The quantitative estimate of drug-likeness (QED) is 0.742. The van der Waals surface area contributed by atoms with Gasteiger partial charge in [0.2, 0.25) is 0 Å². The number of hydrogen-bond acceptors (Lipinski definition) is 4. The summed E-state index contributed by atoms with van der Waals surface area (Å²) in [4.78, 5) is 18.3. The van der Waals surface area contributed by atoms with Crippen molar-refractivity contribution in [1.82, 2.24) is 20.1 Å². The molecule has 7 heteroatoms. The Morgan fingerprint density at radius 1 is 1.19 bits per heavy atom. The molecule has 0 aliphatic rings. The molecule has 2 N–H and O–H groups in total. The predicted molar refractivity (Wildman–Crippen MR) is 103 cm³/mol. The molecule has 1 aromatic carbocycles. The molecular weight excluding hydrogens is 328 g/mol. The SMILES string of the molecule is Cc1nn(-c2ccccc2)cc1CNC(=O)Nc1ccnc(N(C)C)c1. The second-order valence-corrected chi connectivity index (χ2v) is 6.12. The zero-order valence-electron chi connectivity index (χ0n) is 15.1. The van der Waals surface area contributed by atoms with E-state index in [1.54, 1.807) is 12.3 Å². The van der Waals surface area contributed by atoms with Crippen LogP contribution in [-0.4, -0.2) is 34.9 Å². The van der Waals surface area contributed by atoms with Crippen molar-refractivity contribution >= 4 is 17.5 Å². The summed E-state index contributed by atoms with van der Waals surface area (Å²) < 4.78 is 1.82. The topological polar surface area (TPSA) is 75.1 Å². The fourth-order valence-electron chi connectivity index (χ4n) is 2.47.